The van der Waals surface area contributed by atoms with Gasteiger partial charge in [-0.2, -0.15) is 0 Å². The summed E-state index contributed by atoms with van der Waals surface area (Å²) in [5, 5.41) is 5.77. The summed E-state index contributed by atoms with van der Waals surface area (Å²) in [7, 11) is 1.65. The molecule has 2 aromatic carbocycles. The number of ether oxygens (including phenoxy) is 1. The summed E-state index contributed by atoms with van der Waals surface area (Å²) in [4.78, 5) is 19.6. The van der Waals surface area contributed by atoms with E-state index in [4.69, 9.17) is 4.74 Å². The summed E-state index contributed by atoms with van der Waals surface area (Å²) in [5.41, 5.74) is 2.82. The van der Waals surface area contributed by atoms with Gasteiger partial charge in [-0.25, -0.2) is 4.98 Å². The van der Waals surface area contributed by atoms with Crippen LogP contribution in [0.4, 0.5) is 0 Å². The van der Waals surface area contributed by atoms with E-state index in [0.29, 0.717) is 18.2 Å². The van der Waals surface area contributed by atoms with Crippen molar-refractivity contribution in [1.82, 2.24) is 15.2 Å². The minimum atomic E-state index is -0.0915. The second-order valence-corrected chi connectivity index (χ2v) is 8.56. The number of aromatic nitrogens is 1. The lowest BCUT2D eigenvalue weighted by molar-refractivity contribution is 0.0926. The van der Waals surface area contributed by atoms with Gasteiger partial charge >= 0.3 is 0 Å². The number of nitrogens with one attached hydrogen (secondary N) is 1. The van der Waals surface area contributed by atoms with Gasteiger partial charge in [-0.1, -0.05) is 30.3 Å². The van der Waals surface area contributed by atoms with E-state index in [1.165, 1.54) is 23.3 Å². The molecule has 0 saturated carbocycles. The average Bonchev–Trinajstić information content (AvgIpc) is 3.29. The number of hydrogen-bond donors (Lipinski definition) is 1. The maximum absolute atomic E-state index is 12.6. The molecule has 4 rings (SSSR count). The zero-order chi connectivity index (χ0) is 20.8. The minimum absolute atomic E-state index is 0.0915. The van der Waals surface area contributed by atoms with Crippen LogP contribution >= 0.6 is 11.3 Å². The van der Waals surface area contributed by atoms with Crippen LogP contribution in [-0.4, -0.2) is 42.5 Å². The van der Waals surface area contributed by atoms with E-state index in [-0.39, 0.29) is 5.91 Å². The molecular weight excluding hydrogens is 394 g/mol. The molecule has 0 radical (unpaired) electrons. The quantitative estimate of drug-likeness (QED) is 0.612. The van der Waals surface area contributed by atoms with Gasteiger partial charge in [0.25, 0.3) is 5.91 Å². The van der Waals surface area contributed by atoms with Crippen LogP contribution < -0.4 is 10.1 Å². The van der Waals surface area contributed by atoms with Gasteiger partial charge in [-0.05, 0) is 55.1 Å². The van der Waals surface area contributed by atoms with Crippen LogP contribution in [0.1, 0.15) is 28.9 Å². The van der Waals surface area contributed by atoms with Crippen molar-refractivity contribution in [1.29, 1.82) is 0 Å². The minimum Gasteiger partial charge on any atom is -0.497 e. The molecule has 1 aliphatic heterocycles. The third kappa shape index (κ3) is 5.26. The number of rotatable bonds is 7. The summed E-state index contributed by atoms with van der Waals surface area (Å²) in [6, 6.07) is 18.3. The molecule has 2 heterocycles. The van der Waals surface area contributed by atoms with E-state index in [9.17, 15) is 4.79 Å². The van der Waals surface area contributed by atoms with E-state index in [1.54, 1.807) is 7.11 Å². The van der Waals surface area contributed by atoms with Crippen molar-refractivity contribution in [2.75, 3.05) is 26.7 Å². The van der Waals surface area contributed by atoms with E-state index in [2.05, 4.69) is 45.5 Å². The Morgan fingerprint density at radius 2 is 2.00 bits per heavy atom. The predicted molar refractivity (Wildman–Crippen MR) is 121 cm³/mol. The molecule has 0 aliphatic carbocycles. The number of carbonyl (C=O) groups excluding carboxylic acids is 1. The average molecular weight is 422 g/mol. The molecule has 6 heteroatoms. The van der Waals surface area contributed by atoms with E-state index in [0.717, 1.165) is 42.4 Å². The van der Waals surface area contributed by atoms with Crippen LogP contribution in [0.25, 0.3) is 10.6 Å². The highest BCUT2D eigenvalue weighted by molar-refractivity contribution is 7.13. The fourth-order valence-electron chi connectivity index (χ4n) is 3.87. The van der Waals surface area contributed by atoms with E-state index >= 15 is 0 Å². The van der Waals surface area contributed by atoms with Crippen molar-refractivity contribution >= 4 is 17.2 Å². The van der Waals surface area contributed by atoms with Gasteiger partial charge < -0.3 is 10.1 Å². The number of thiazole rings is 1. The third-order valence-electron chi connectivity index (χ3n) is 5.48. The predicted octanol–water partition coefficient (Wildman–Crippen LogP) is 4.46. The van der Waals surface area contributed by atoms with Gasteiger partial charge in [0.05, 0.1) is 7.11 Å². The molecule has 1 aliphatic rings. The van der Waals surface area contributed by atoms with Crippen LogP contribution in [0.15, 0.2) is 60.0 Å². The summed E-state index contributed by atoms with van der Waals surface area (Å²) < 4.78 is 5.19. The highest BCUT2D eigenvalue weighted by Gasteiger charge is 2.21. The number of methoxy groups -OCH3 is 1. The van der Waals surface area contributed by atoms with E-state index < -0.39 is 0 Å². The largest absolute Gasteiger partial charge is 0.497 e. The number of benzene rings is 2. The Morgan fingerprint density at radius 3 is 2.77 bits per heavy atom. The number of hydrogen-bond acceptors (Lipinski definition) is 5. The Morgan fingerprint density at radius 1 is 1.20 bits per heavy atom. The first-order valence-electron chi connectivity index (χ1n) is 10.4. The number of nitrogens with zero attached hydrogens (tertiary/aromatic N) is 2. The zero-order valence-electron chi connectivity index (χ0n) is 17.2. The third-order valence-corrected chi connectivity index (χ3v) is 6.37. The number of carbonyl (C=O) groups is 1. The van der Waals surface area contributed by atoms with Crippen molar-refractivity contribution in [3.63, 3.8) is 0 Å². The normalized spacial score (nSPS) is 16.9. The summed E-state index contributed by atoms with van der Waals surface area (Å²) in [6.45, 7) is 3.81. The van der Waals surface area contributed by atoms with Gasteiger partial charge in [0.15, 0.2) is 0 Å². The summed E-state index contributed by atoms with van der Waals surface area (Å²) in [6.07, 6.45) is 2.32. The molecule has 3 aromatic rings. The molecule has 1 fully saturated rings. The fraction of sp³-hybridized carbons (Fsp3) is 0.333. The van der Waals surface area contributed by atoms with Crippen LogP contribution in [-0.2, 0) is 6.54 Å². The summed E-state index contributed by atoms with van der Waals surface area (Å²) >= 11 is 1.49. The van der Waals surface area contributed by atoms with Crippen LogP contribution in [0.5, 0.6) is 5.75 Å². The number of piperidine rings is 1. The Balaban J connectivity index is 1.29. The van der Waals surface area contributed by atoms with Crippen LogP contribution in [0, 0.1) is 5.92 Å². The Labute approximate surface area is 181 Å². The molecule has 1 amide bonds. The smallest absolute Gasteiger partial charge is 0.270 e. The number of amides is 1. The van der Waals surface area contributed by atoms with Gasteiger partial charge in [-0.15, -0.1) is 11.3 Å². The molecule has 1 N–H and O–H groups in total. The van der Waals surface area contributed by atoms with E-state index in [1.807, 2.05) is 29.6 Å². The maximum Gasteiger partial charge on any atom is 0.270 e. The van der Waals surface area contributed by atoms with Crippen LogP contribution in [0.3, 0.4) is 0 Å². The second-order valence-electron chi connectivity index (χ2n) is 7.71. The fourth-order valence-corrected chi connectivity index (χ4v) is 4.68. The highest BCUT2D eigenvalue weighted by Crippen LogP contribution is 2.26. The Hall–Kier alpha value is -2.70. The summed E-state index contributed by atoms with van der Waals surface area (Å²) in [5.74, 6) is 1.19. The Kier molecular flexibility index (Phi) is 6.77. The second kappa shape index (κ2) is 9.87. The van der Waals surface area contributed by atoms with Gasteiger partial charge in [0.1, 0.15) is 16.5 Å². The zero-order valence-corrected chi connectivity index (χ0v) is 18.0. The first kappa shape index (κ1) is 20.6. The molecule has 1 unspecified atom stereocenters. The lowest BCUT2D eigenvalue weighted by Crippen LogP contribution is -2.40. The molecule has 30 heavy (non-hydrogen) atoms. The van der Waals surface area contributed by atoms with Crippen molar-refractivity contribution in [2.24, 2.45) is 5.92 Å². The first-order chi connectivity index (χ1) is 14.7. The standard InChI is InChI=1S/C24H27N3O2S/c1-29-21-11-9-20(10-12-21)24-26-22(17-30-24)23(28)25-14-19-8-5-13-27(16-19)15-18-6-3-2-4-7-18/h2-4,6-7,9-12,17,19H,5,8,13-16H2,1H3,(H,25,28). The number of likely N-dealkylation sites (tertiary alicyclic amines) is 1. The van der Waals surface area contributed by atoms with Gasteiger partial charge in [-0.3, -0.25) is 9.69 Å². The van der Waals surface area contributed by atoms with Crippen molar-refractivity contribution in [2.45, 2.75) is 19.4 Å². The van der Waals surface area contributed by atoms with Crippen molar-refractivity contribution < 1.29 is 9.53 Å². The molecule has 0 bridgehead atoms. The van der Waals surface area contributed by atoms with Gasteiger partial charge in [0.2, 0.25) is 0 Å². The van der Waals surface area contributed by atoms with Crippen molar-refractivity contribution in [3.05, 3.63) is 71.2 Å². The topological polar surface area (TPSA) is 54.5 Å². The molecule has 156 valence electrons. The van der Waals surface area contributed by atoms with Gasteiger partial charge in [0, 0.05) is 30.6 Å². The lowest BCUT2D eigenvalue weighted by atomic mass is 9.97. The molecule has 1 atom stereocenters. The van der Waals surface area contributed by atoms with Crippen molar-refractivity contribution in [3.8, 4) is 16.3 Å². The maximum atomic E-state index is 12.6. The SMILES string of the molecule is COc1ccc(-c2nc(C(=O)NCC3CCCN(Cc4ccccc4)C3)cs2)cc1. The highest BCUT2D eigenvalue weighted by atomic mass is 32.1. The molecular formula is C24H27N3O2S. The Bertz CT molecular complexity index is 956. The molecule has 1 aromatic heterocycles. The molecule has 1 saturated heterocycles. The first-order valence-corrected chi connectivity index (χ1v) is 11.2. The molecule has 0 spiro atoms. The van der Waals surface area contributed by atoms with Crippen LogP contribution in [0.2, 0.25) is 0 Å². The molecule has 5 nitrogen and oxygen atoms in total. The monoisotopic (exact) mass is 421 g/mol. The lowest BCUT2D eigenvalue weighted by Gasteiger charge is -2.32.